The number of hydrogen-bond donors (Lipinski definition) is 1. The van der Waals surface area contributed by atoms with Gasteiger partial charge >= 0.3 is 5.97 Å². The number of carboxylic acids is 1. The molecule has 6 nitrogen and oxygen atoms in total. The fourth-order valence-corrected chi connectivity index (χ4v) is 4.29. The summed E-state index contributed by atoms with van der Waals surface area (Å²) in [6.07, 6.45) is 2.28. The molecule has 2 amide bonds. The van der Waals surface area contributed by atoms with Crippen molar-refractivity contribution < 1.29 is 19.5 Å². The molecular weight excluding hydrogens is 416 g/mol. The third kappa shape index (κ3) is 6.21. The summed E-state index contributed by atoms with van der Waals surface area (Å²) in [6, 6.07) is 16.5. The lowest BCUT2D eigenvalue weighted by Gasteiger charge is -2.32. The number of carbonyl (C=O) groups is 3. The van der Waals surface area contributed by atoms with Crippen molar-refractivity contribution in [3.8, 4) is 0 Å². The molecule has 1 saturated heterocycles. The summed E-state index contributed by atoms with van der Waals surface area (Å²) in [4.78, 5) is 41.1. The maximum atomic E-state index is 13.2. The number of likely N-dealkylation sites (tertiary alicyclic amines) is 1. The molecule has 1 aliphatic rings. The highest BCUT2D eigenvalue weighted by Crippen LogP contribution is 2.22. The minimum atomic E-state index is -0.960. The molecule has 1 N–H and O–H groups in total. The van der Waals surface area contributed by atoms with Crippen LogP contribution in [0.2, 0.25) is 0 Å². The number of aliphatic carboxylic acids is 1. The van der Waals surface area contributed by atoms with E-state index < -0.39 is 12.0 Å². The molecule has 0 bridgehead atoms. The molecule has 0 saturated carbocycles. The van der Waals surface area contributed by atoms with Crippen molar-refractivity contribution in [2.45, 2.75) is 65.1 Å². The molecule has 1 aliphatic heterocycles. The number of rotatable bonds is 9. The molecule has 3 rings (SSSR count). The number of hydrogen-bond acceptors (Lipinski definition) is 3. The van der Waals surface area contributed by atoms with Gasteiger partial charge in [-0.05, 0) is 55.4 Å². The van der Waals surface area contributed by atoms with Gasteiger partial charge in [0.05, 0.1) is 0 Å². The second-order valence-electron chi connectivity index (χ2n) is 9.19. The van der Waals surface area contributed by atoms with E-state index in [1.807, 2.05) is 41.3 Å². The van der Waals surface area contributed by atoms with Gasteiger partial charge in [0.1, 0.15) is 6.04 Å². The Bertz CT molecular complexity index is 973. The van der Waals surface area contributed by atoms with Crippen molar-refractivity contribution in [3.05, 3.63) is 71.3 Å². The van der Waals surface area contributed by atoms with Crippen molar-refractivity contribution in [2.75, 3.05) is 6.54 Å². The van der Waals surface area contributed by atoms with E-state index >= 15 is 0 Å². The number of carboxylic acid groups (broad SMARTS) is 1. The van der Waals surface area contributed by atoms with Crippen LogP contribution in [0.25, 0.3) is 0 Å². The maximum Gasteiger partial charge on any atom is 0.326 e. The molecular formula is C27H34N2O4. The summed E-state index contributed by atoms with van der Waals surface area (Å²) >= 11 is 0. The molecule has 6 heteroatoms. The lowest BCUT2D eigenvalue weighted by molar-refractivity contribution is -0.141. The van der Waals surface area contributed by atoms with E-state index in [9.17, 15) is 19.5 Å². The standard InChI is InChI=1S/C27H34N2O4/c1-19(2)20(3)29(25(30)15-14-21-9-5-4-6-10-21)18-22-11-7-12-23(17-22)26(31)28-16-8-13-24(28)27(32)33/h4-7,9-12,17,19-20,24H,8,13-16,18H2,1-3H3,(H,32,33)/t20?,24-/m1/s1. The minimum Gasteiger partial charge on any atom is -0.480 e. The van der Waals surface area contributed by atoms with E-state index in [0.717, 1.165) is 11.1 Å². The molecule has 1 unspecified atom stereocenters. The third-order valence-electron chi connectivity index (χ3n) is 6.57. The smallest absolute Gasteiger partial charge is 0.326 e. The van der Waals surface area contributed by atoms with E-state index in [0.29, 0.717) is 44.3 Å². The summed E-state index contributed by atoms with van der Waals surface area (Å²) in [5.41, 5.74) is 2.47. The monoisotopic (exact) mass is 450 g/mol. The molecule has 1 heterocycles. The predicted octanol–water partition coefficient (Wildman–Crippen LogP) is 4.38. The molecule has 176 valence electrons. The van der Waals surface area contributed by atoms with Crippen LogP contribution < -0.4 is 0 Å². The van der Waals surface area contributed by atoms with Gasteiger partial charge in [0, 0.05) is 31.1 Å². The summed E-state index contributed by atoms with van der Waals surface area (Å²) in [5.74, 6) is -0.850. The number of amides is 2. The van der Waals surface area contributed by atoms with Gasteiger partial charge in [-0.25, -0.2) is 4.79 Å². The number of nitrogens with zero attached hydrogens (tertiary/aromatic N) is 2. The first-order valence-electron chi connectivity index (χ1n) is 11.7. The van der Waals surface area contributed by atoms with Crippen LogP contribution in [0.1, 0.15) is 61.5 Å². The predicted molar refractivity (Wildman–Crippen MR) is 128 cm³/mol. The normalized spacial score (nSPS) is 16.6. The van der Waals surface area contributed by atoms with Crippen molar-refractivity contribution >= 4 is 17.8 Å². The Labute approximate surface area is 196 Å². The summed E-state index contributed by atoms with van der Waals surface area (Å²) in [5, 5.41) is 9.42. The second kappa shape index (κ2) is 11.1. The highest BCUT2D eigenvalue weighted by molar-refractivity contribution is 5.97. The molecule has 0 aromatic heterocycles. The van der Waals surface area contributed by atoms with Gasteiger partial charge in [-0.15, -0.1) is 0 Å². The van der Waals surface area contributed by atoms with E-state index in [-0.39, 0.29) is 23.8 Å². The average molecular weight is 451 g/mol. The number of benzene rings is 2. The lowest BCUT2D eigenvalue weighted by atomic mass is 10.0. The molecule has 0 radical (unpaired) electrons. The van der Waals surface area contributed by atoms with Gasteiger partial charge in [-0.2, -0.15) is 0 Å². The first kappa shape index (κ1) is 24.5. The van der Waals surface area contributed by atoms with E-state index in [2.05, 4.69) is 20.8 Å². The first-order valence-corrected chi connectivity index (χ1v) is 11.7. The SMILES string of the molecule is CC(C)C(C)N(Cc1cccc(C(=O)N2CCC[C@@H]2C(=O)O)c1)C(=O)CCc1ccccc1. The van der Waals surface area contributed by atoms with E-state index in [4.69, 9.17) is 0 Å². The Morgan fingerprint density at radius 1 is 1.03 bits per heavy atom. The topological polar surface area (TPSA) is 77.9 Å². The van der Waals surface area contributed by atoms with Gasteiger partial charge in [-0.3, -0.25) is 9.59 Å². The van der Waals surface area contributed by atoms with Crippen molar-refractivity contribution in [3.63, 3.8) is 0 Å². The highest BCUT2D eigenvalue weighted by Gasteiger charge is 2.34. The largest absolute Gasteiger partial charge is 0.480 e. The fraction of sp³-hybridized carbons (Fsp3) is 0.444. The van der Waals surface area contributed by atoms with Crippen molar-refractivity contribution in [1.82, 2.24) is 9.80 Å². The van der Waals surface area contributed by atoms with E-state index in [1.165, 1.54) is 4.90 Å². The quantitative estimate of drug-likeness (QED) is 0.615. The van der Waals surface area contributed by atoms with Crippen LogP contribution in [0.4, 0.5) is 0 Å². The Morgan fingerprint density at radius 3 is 2.39 bits per heavy atom. The van der Waals surface area contributed by atoms with Gasteiger partial charge in [0.15, 0.2) is 0 Å². The zero-order valence-corrected chi connectivity index (χ0v) is 19.7. The van der Waals surface area contributed by atoms with Crippen LogP contribution in [0, 0.1) is 5.92 Å². The molecule has 0 spiro atoms. The minimum absolute atomic E-state index is 0.0441. The Hall–Kier alpha value is -3.15. The van der Waals surface area contributed by atoms with E-state index in [1.54, 1.807) is 18.2 Å². The average Bonchev–Trinajstić information content (AvgIpc) is 3.31. The molecule has 2 aromatic carbocycles. The highest BCUT2D eigenvalue weighted by atomic mass is 16.4. The maximum absolute atomic E-state index is 13.2. The van der Waals surface area contributed by atoms with Crippen LogP contribution in [0.5, 0.6) is 0 Å². The van der Waals surface area contributed by atoms with Crippen LogP contribution in [-0.4, -0.2) is 51.3 Å². The first-order chi connectivity index (χ1) is 15.8. The fourth-order valence-electron chi connectivity index (χ4n) is 4.29. The van der Waals surface area contributed by atoms with Gasteiger partial charge in [-0.1, -0.05) is 56.3 Å². The van der Waals surface area contributed by atoms with Crippen molar-refractivity contribution in [1.29, 1.82) is 0 Å². The van der Waals surface area contributed by atoms with Crippen LogP contribution in [0.3, 0.4) is 0 Å². The number of aryl methyl sites for hydroxylation is 1. The molecule has 33 heavy (non-hydrogen) atoms. The number of carbonyl (C=O) groups excluding carboxylic acids is 2. The third-order valence-corrected chi connectivity index (χ3v) is 6.57. The van der Waals surface area contributed by atoms with Crippen molar-refractivity contribution in [2.24, 2.45) is 5.92 Å². The zero-order chi connectivity index (χ0) is 24.0. The lowest BCUT2D eigenvalue weighted by Crippen LogP contribution is -2.41. The summed E-state index contributed by atoms with van der Waals surface area (Å²) < 4.78 is 0. The Morgan fingerprint density at radius 2 is 1.73 bits per heavy atom. The van der Waals surface area contributed by atoms with Crippen LogP contribution >= 0.6 is 0 Å². The Balaban J connectivity index is 1.75. The van der Waals surface area contributed by atoms with Gasteiger partial charge < -0.3 is 14.9 Å². The van der Waals surface area contributed by atoms with Crippen LogP contribution in [0.15, 0.2) is 54.6 Å². The molecule has 0 aliphatic carbocycles. The van der Waals surface area contributed by atoms with Crippen LogP contribution in [-0.2, 0) is 22.6 Å². The molecule has 1 fully saturated rings. The van der Waals surface area contributed by atoms with Gasteiger partial charge in [0.25, 0.3) is 5.91 Å². The molecule has 2 atom stereocenters. The zero-order valence-electron chi connectivity index (χ0n) is 19.7. The summed E-state index contributed by atoms with van der Waals surface area (Å²) in [7, 11) is 0. The van der Waals surface area contributed by atoms with Gasteiger partial charge in [0.2, 0.25) is 5.91 Å². The summed E-state index contributed by atoms with van der Waals surface area (Å²) in [6.45, 7) is 7.12. The molecule has 2 aromatic rings. The second-order valence-corrected chi connectivity index (χ2v) is 9.19. The Kier molecular flexibility index (Phi) is 8.26.